The third-order valence-electron chi connectivity index (χ3n) is 4.87. The Bertz CT molecular complexity index is 1210. The first-order chi connectivity index (χ1) is 16.1. The lowest BCUT2D eigenvalue weighted by Gasteiger charge is -2.09. The molecule has 0 spiro atoms. The number of carbonyl (C=O) groups is 2. The van der Waals surface area contributed by atoms with Crippen molar-refractivity contribution in [1.29, 1.82) is 0 Å². The molecule has 0 saturated carbocycles. The van der Waals surface area contributed by atoms with Crippen LogP contribution in [0.25, 0.3) is 17.1 Å². The summed E-state index contributed by atoms with van der Waals surface area (Å²) in [6, 6.07) is 23.5. The van der Waals surface area contributed by atoms with E-state index in [1.165, 1.54) is 14.2 Å². The van der Waals surface area contributed by atoms with Crippen molar-refractivity contribution in [2.45, 2.75) is 0 Å². The van der Waals surface area contributed by atoms with E-state index in [-0.39, 0.29) is 11.4 Å². The second-order valence-electron chi connectivity index (χ2n) is 6.94. The Morgan fingerprint density at radius 1 is 0.879 bits per heavy atom. The molecule has 0 aliphatic rings. The molecule has 0 amide bonds. The van der Waals surface area contributed by atoms with Gasteiger partial charge in [0.25, 0.3) is 5.82 Å². The number of esters is 1. The molecule has 0 atom stereocenters. The Morgan fingerprint density at radius 2 is 1.58 bits per heavy atom. The van der Waals surface area contributed by atoms with Crippen molar-refractivity contribution in [3.05, 3.63) is 90.3 Å². The quantitative estimate of drug-likeness (QED) is 0.300. The van der Waals surface area contributed by atoms with E-state index in [1.54, 1.807) is 22.9 Å². The standard InChI is InChI=1S/C25H21N3O5/c1-31-19-13-14-20(22(15-19)32-2)21(29)16-33-25(30)23-26-24(17-9-5-3-6-10-17)28(27-23)18-11-7-4-8-12-18/h3-15H,16H2,1-2H3. The first-order valence-electron chi connectivity index (χ1n) is 10.1. The fraction of sp³-hybridized carbons (Fsp3) is 0.120. The van der Waals surface area contributed by atoms with E-state index in [2.05, 4.69) is 10.1 Å². The highest BCUT2D eigenvalue weighted by molar-refractivity contribution is 6.01. The molecule has 0 aliphatic carbocycles. The SMILES string of the molecule is COc1ccc(C(=O)COC(=O)c2nc(-c3ccccc3)n(-c3ccccc3)n2)c(OC)c1. The molecule has 0 aliphatic heterocycles. The van der Waals surface area contributed by atoms with Gasteiger partial charge in [-0.1, -0.05) is 48.5 Å². The van der Waals surface area contributed by atoms with Crippen molar-refractivity contribution in [2.75, 3.05) is 20.8 Å². The van der Waals surface area contributed by atoms with Crippen LogP contribution in [0, 0.1) is 0 Å². The van der Waals surface area contributed by atoms with E-state index < -0.39 is 18.4 Å². The van der Waals surface area contributed by atoms with Crippen molar-refractivity contribution < 1.29 is 23.8 Å². The minimum atomic E-state index is -0.803. The molecule has 4 rings (SSSR count). The maximum Gasteiger partial charge on any atom is 0.378 e. The molecule has 0 N–H and O–H groups in total. The van der Waals surface area contributed by atoms with Crippen LogP contribution >= 0.6 is 0 Å². The molecule has 0 unspecified atom stereocenters. The van der Waals surface area contributed by atoms with E-state index in [0.717, 1.165) is 11.3 Å². The van der Waals surface area contributed by atoms with Crippen LogP contribution in [0.15, 0.2) is 78.9 Å². The number of benzene rings is 3. The van der Waals surface area contributed by atoms with E-state index in [0.29, 0.717) is 17.3 Å². The molecule has 8 heteroatoms. The third kappa shape index (κ3) is 4.74. The molecule has 1 heterocycles. The van der Waals surface area contributed by atoms with Gasteiger partial charge in [0, 0.05) is 11.6 Å². The second-order valence-corrected chi connectivity index (χ2v) is 6.94. The predicted molar refractivity (Wildman–Crippen MR) is 121 cm³/mol. The zero-order valence-corrected chi connectivity index (χ0v) is 18.1. The predicted octanol–water partition coefficient (Wildman–Crippen LogP) is 3.99. The van der Waals surface area contributed by atoms with Gasteiger partial charge in [-0.05, 0) is 24.3 Å². The number of Topliss-reactive ketones (excluding diaryl/α,β-unsaturated/α-hetero) is 1. The molecule has 0 saturated heterocycles. The van der Waals surface area contributed by atoms with Gasteiger partial charge in [-0.3, -0.25) is 4.79 Å². The Morgan fingerprint density at radius 3 is 2.24 bits per heavy atom. The summed E-state index contributed by atoms with van der Waals surface area (Å²) in [6.07, 6.45) is 0. The minimum Gasteiger partial charge on any atom is -0.497 e. The molecule has 33 heavy (non-hydrogen) atoms. The summed E-state index contributed by atoms with van der Waals surface area (Å²) in [5.74, 6) is -0.0156. The molecule has 8 nitrogen and oxygen atoms in total. The highest BCUT2D eigenvalue weighted by Gasteiger charge is 2.22. The van der Waals surface area contributed by atoms with Crippen LogP contribution < -0.4 is 9.47 Å². The second kappa shape index (κ2) is 9.78. The van der Waals surface area contributed by atoms with Crippen molar-refractivity contribution in [1.82, 2.24) is 14.8 Å². The van der Waals surface area contributed by atoms with Gasteiger partial charge in [-0.15, -0.1) is 5.10 Å². The highest BCUT2D eigenvalue weighted by atomic mass is 16.5. The first kappa shape index (κ1) is 21.8. The Kier molecular flexibility index (Phi) is 6.45. The van der Waals surface area contributed by atoms with Gasteiger partial charge in [0.05, 0.1) is 25.5 Å². The highest BCUT2D eigenvalue weighted by Crippen LogP contribution is 2.25. The summed E-state index contributed by atoms with van der Waals surface area (Å²) < 4.78 is 17.2. The van der Waals surface area contributed by atoms with Crippen molar-refractivity contribution in [3.8, 4) is 28.6 Å². The van der Waals surface area contributed by atoms with Gasteiger partial charge in [0.1, 0.15) is 11.5 Å². The van der Waals surface area contributed by atoms with Gasteiger partial charge in [0.15, 0.2) is 12.4 Å². The van der Waals surface area contributed by atoms with Crippen LogP contribution in [0.4, 0.5) is 0 Å². The van der Waals surface area contributed by atoms with Crippen molar-refractivity contribution >= 4 is 11.8 Å². The van der Waals surface area contributed by atoms with Crippen LogP contribution in [-0.4, -0.2) is 47.3 Å². The normalized spacial score (nSPS) is 10.5. The van der Waals surface area contributed by atoms with Crippen molar-refractivity contribution in [3.63, 3.8) is 0 Å². The Hall–Kier alpha value is -4.46. The van der Waals surface area contributed by atoms with E-state index >= 15 is 0 Å². The summed E-state index contributed by atoms with van der Waals surface area (Å²) in [5, 5.41) is 4.34. The summed E-state index contributed by atoms with van der Waals surface area (Å²) in [4.78, 5) is 29.7. The number of aromatic nitrogens is 3. The number of hydrogen-bond donors (Lipinski definition) is 0. The minimum absolute atomic E-state index is 0.146. The fourth-order valence-corrected chi connectivity index (χ4v) is 3.22. The van der Waals surface area contributed by atoms with E-state index in [9.17, 15) is 9.59 Å². The summed E-state index contributed by atoms with van der Waals surface area (Å²) in [5.41, 5.74) is 1.80. The number of ether oxygens (including phenoxy) is 3. The van der Waals surface area contributed by atoms with Crippen molar-refractivity contribution in [2.24, 2.45) is 0 Å². The molecule has 0 radical (unpaired) electrons. The number of nitrogens with zero attached hydrogens (tertiary/aromatic N) is 3. The van der Waals surface area contributed by atoms with Gasteiger partial charge < -0.3 is 14.2 Å². The average Bonchev–Trinajstić information content (AvgIpc) is 3.33. The number of para-hydroxylation sites is 1. The van der Waals surface area contributed by atoms with Crippen LogP contribution in [-0.2, 0) is 4.74 Å². The summed E-state index contributed by atoms with van der Waals surface area (Å²) >= 11 is 0. The van der Waals surface area contributed by atoms with Gasteiger partial charge in [0.2, 0.25) is 5.78 Å². The molecule has 0 fully saturated rings. The first-order valence-corrected chi connectivity index (χ1v) is 10.1. The molecule has 4 aromatic rings. The van der Waals surface area contributed by atoms with Gasteiger partial charge >= 0.3 is 5.97 Å². The van der Waals surface area contributed by atoms with Gasteiger partial charge in [-0.25, -0.2) is 14.5 Å². The van der Waals surface area contributed by atoms with Crippen LogP contribution in [0.1, 0.15) is 21.0 Å². The molecular weight excluding hydrogens is 422 g/mol. The largest absolute Gasteiger partial charge is 0.497 e. The van der Waals surface area contributed by atoms with E-state index in [4.69, 9.17) is 14.2 Å². The lowest BCUT2D eigenvalue weighted by atomic mass is 10.1. The lowest BCUT2D eigenvalue weighted by Crippen LogP contribution is -2.16. The van der Waals surface area contributed by atoms with Crippen LogP contribution in [0.5, 0.6) is 11.5 Å². The smallest absolute Gasteiger partial charge is 0.378 e. The fourth-order valence-electron chi connectivity index (χ4n) is 3.22. The van der Waals surface area contributed by atoms with Crippen LogP contribution in [0.2, 0.25) is 0 Å². The lowest BCUT2D eigenvalue weighted by molar-refractivity contribution is 0.0462. The molecular formula is C25H21N3O5. The zero-order valence-electron chi connectivity index (χ0n) is 18.1. The topological polar surface area (TPSA) is 92.5 Å². The maximum absolute atomic E-state index is 12.7. The molecule has 1 aromatic heterocycles. The average molecular weight is 443 g/mol. The molecule has 3 aromatic carbocycles. The molecule has 166 valence electrons. The zero-order chi connectivity index (χ0) is 23.2. The molecule has 0 bridgehead atoms. The number of ketones is 1. The monoisotopic (exact) mass is 443 g/mol. The Labute approximate surface area is 190 Å². The maximum atomic E-state index is 12.7. The number of rotatable bonds is 8. The Balaban J connectivity index is 1.57. The number of carbonyl (C=O) groups excluding carboxylic acids is 2. The number of methoxy groups -OCH3 is 2. The van der Waals surface area contributed by atoms with E-state index in [1.807, 2.05) is 60.7 Å². The summed E-state index contributed by atoms with van der Waals surface area (Å²) in [7, 11) is 2.96. The van der Waals surface area contributed by atoms with Gasteiger partial charge in [-0.2, -0.15) is 0 Å². The summed E-state index contributed by atoms with van der Waals surface area (Å²) in [6.45, 7) is -0.484. The third-order valence-corrected chi connectivity index (χ3v) is 4.87. The van der Waals surface area contributed by atoms with Crippen LogP contribution in [0.3, 0.4) is 0 Å². The number of hydrogen-bond acceptors (Lipinski definition) is 7.